The summed E-state index contributed by atoms with van der Waals surface area (Å²) in [5.41, 5.74) is 0.360. The van der Waals surface area contributed by atoms with Crippen LogP contribution in [0, 0.1) is 6.92 Å². The van der Waals surface area contributed by atoms with Crippen molar-refractivity contribution in [3.63, 3.8) is 0 Å². The quantitative estimate of drug-likeness (QED) is 0.347. The zero-order chi connectivity index (χ0) is 24.3. The van der Waals surface area contributed by atoms with Crippen molar-refractivity contribution >= 4 is 25.6 Å². The Bertz CT molecular complexity index is 1370. The molecule has 0 saturated carbocycles. The van der Waals surface area contributed by atoms with Gasteiger partial charge in [-0.05, 0) is 48.9 Å². The third-order valence-corrected chi connectivity index (χ3v) is 7.67. The van der Waals surface area contributed by atoms with E-state index in [4.69, 9.17) is 0 Å². The van der Waals surface area contributed by atoms with E-state index in [1.165, 1.54) is 30.5 Å². The van der Waals surface area contributed by atoms with Gasteiger partial charge < -0.3 is 0 Å². The SMILES string of the molecule is Cc1ccc(S(=O)(=O)/N=C(\Cc2ccc(C(F)(F)F)cc2)N=S(C)(=O)c2ccccc2)cc1. The maximum Gasteiger partial charge on any atom is 0.416 e. The summed E-state index contributed by atoms with van der Waals surface area (Å²) >= 11 is 0. The van der Waals surface area contributed by atoms with Gasteiger partial charge in [0.2, 0.25) is 0 Å². The van der Waals surface area contributed by atoms with Crippen LogP contribution in [-0.4, -0.2) is 24.7 Å². The monoisotopic (exact) mass is 494 g/mol. The summed E-state index contributed by atoms with van der Waals surface area (Å²) in [6.45, 7) is 1.80. The Morgan fingerprint density at radius 1 is 0.818 bits per heavy atom. The minimum absolute atomic E-state index is 0.0736. The van der Waals surface area contributed by atoms with Crippen LogP contribution in [0.1, 0.15) is 16.7 Å². The normalized spacial score (nSPS) is 14.5. The number of alkyl halides is 3. The molecule has 0 bridgehead atoms. The topological polar surface area (TPSA) is 75.9 Å². The van der Waals surface area contributed by atoms with E-state index in [0.29, 0.717) is 10.5 Å². The molecule has 0 aliphatic rings. The Morgan fingerprint density at radius 3 is 1.94 bits per heavy atom. The largest absolute Gasteiger partial charge is 0.416 e. The summed E-state index contributed by atoms with van der Waals surface area (Å²) in [4.78, 5) is 0.299. The van der Waals surface area contributed by atoms with Crippen LogP contribution in [0.5, 0.6) is 0 Å². The molecule has 0 spiro atoms. The minimum atomic E-state index is -4.50. The van der Waals surface area contributed by atoms with Gasteiger partial charge in [0.1, 0.15) is 0 Å². The Hall–Kier alpha value is -2.98. The molecular weight excluding hydrogens is 473 g/mol. The molecule has 1 unspecified atom stereocenters. The van der Waals surface area contributed by atoms with Gasteiger partial charge in [0.25, 0.3) is 10.0 Å². The Labute approximate surface area is 191 Å². The molecule has 0 aliphatic carbocycles. The summed E-state index contributed by atoms with van der Waals surface area (Å²) in [7, 11) is -7.27. The fourth-order valence-electron chi connectivity index (χ4n) is 2.90. The first-order valence-electron chi connectivity index (χ1n) is 9.71. The summed E-state index contributed by atoms with van der Waals surface area (Å²) in [5, 5.41) is 0. The second kappa shape index (κ2) is 9.48. The first-order chi connectivity index (χ1) is 15.4. The molecule has 33 heavy (non-hydrogen) atoms. The summed E-state index contributed by atoms with van der Waals surface area (Å²) in [6, 6.07) is 18.5. The van der Waals surface area contributed by atoms with E-state index < -0.39 is 31.5 Å². The highest BCUT2D eigenvalue weighted by molar-refractivity contribution is 7.93. The molecule has 5 nitrogen and oxygen atoms in total. The molecule has 0 heterocycles. The highest BCUT2D eigenvalue weighted by atomic mass is 32.2. The number of amidine groups is 1. The fourth-order valence-corrected chi connectivity index (χ4v) is 5.20. The Balaban J connectivity index is 2.08. The van der Waals surface area contributed by atoms with Crippen molar-refractivity contribution in [1.82, 2.24) is 0 Å². The highest BCUT2D eigenvalue weighted by Gasteiger charge is 2.30. The molecule has 3 aromatic rings. The van der Waals surface area contributed by atoms with Crippen molar-refractivity contribution in [3.8, 4) is 0 Å². The van der Waals surface area contributed by atoms with Crippen LogP contribution in [0.4, 0.5) is 13.2 Å². The molecule has 1 atom stereocenters. The second-order valence-corrected chi connectivity index (χ2v) is 11.2. The molecule has 3 aromatic carbocycles. The van der Waals surface area contributed by atoms with Gasteiger partial charge in [-0.25, -0.2) is 4.21 Å². The third kappa shape index (κ3) is 6.52. The average Bonchev–Trinajstić information content (AvgIpc) is 2.74. The van der Waals surface area contributed by atoms with Gasteiger partial charge in [-0.1, -0.05) is 48.0 Å². The van der Waals surface area contributed by atoms with Crippen molar-refractivity contribution < 1.29 is 25.8 Å². The average molecular weight is 495 g/mol. The van der Waals surface area contributed by atoms with Crippen LogP contribution in [0.2, 0.25) is 0 Å². The second-order valence-electron chi connectivity index (χ2n) is 7.37. The fraction of sp³-hybridized carbons (Fsp3) is 0.174. The Morgan fingerprint density at radius 2 is 1.39 bits per heavy atom. The van der Waals surface area contributed by atoms with Gasteiger partial charge in [-0.3, -0.25) is 0 Å². The van der Waals surface area contributed by atoms with Crippen molar-refractivity contribution in [2.24, 2.45) is 8.76 Å². The predicted molar refractivity (Wildman–Crippen MR) is 122 cm³/mol. The van der Waals surface area contributed by atoms with Gasteiger partial charge in [-0.2, -0.15) is 26.0 Å². The van der Waals surface area contributed by atoms with Crippen LogP contribution in [0.15, 0.2) is 97.4 Å². The summed E-state index contributed by atoms with van der Waals surface area (Å²) < 4.78 is 85.5. The van der Waals surface area contributed by atoms with Crippen molar-refractivity contribution in [3.05, 3.63) is 95.6 Å². The standard InChI is InChI=1S/C23H21F3N2O3S2/c1-17-8-14-21(15-9-17)33(30,31)28-22(27-32(2,29)20-6-4-3-5-7-20)16-18-10-12-19(13-11-18)23(24,25)26/h3-15H,16H2,1-2H3/b28-22+. The highest BCUT2D eigenvalue weighted by Crippen LogP contribution is 2.29. The number of sulfonamides is 1. The molecule has 0 radical (unpaired) electrons. The molecule has 0 amide bonds. The van der Waals surface area contributed by atoms with Gasteiger partial charge in [0.15, 0.2) is 5.84 Å². The lowest BCUT2D eigenvalue weighted by Gasteiger charge is -2.09. The Kier molecular flexibility index (Phi) is 7.08. The van der Waals surface area contributed by atoms with Crippen LogP contribution in [0.25, 0.3) is 0 Å². The van der Waals surface area contributed by atoms with Crippen molar-refractivity contribution in [2.75, 3.05) is 6.26 Å². The molecule has 0 fully saturated rings. The zero-order valence-electron chi connectivity index (χ0n) is 17.8. The van der Waals surface area contributed by atoms with E-state index in [-0.39, 0.29) is 17.2 Å². The smallest absolute Gasteiger partial charge is 0.245 e. The van der Waals surface area contributed by atoms with Crippen LogP contribution in [-0.2, 0) is 32.3 Å². The van der Waals surface area contributed by atoms with Gasteiger partial charge in [0.05, 0.1) is 20.2 Å². The zero-order valence-corrected chi connectivity index (χ0v) is 19.4. The number of rotatable bonds is 5. The van der Waals surface area contributed by atoms with Crippen LogP contribution < -0.4 is 0 Å². The number of halogens is 3. The molecule has 174 valence electrons. The summed E-state index contributed by atoms with van der Waals surface area (Å²) in [5.74, 6) is -0.272. The first-order valence-corrected chi connectivity index (χ1v) is 13.1. The van der Waals surface area contributed by atoms with Crippen LogP contribution >= 0.6 is 0 Å². The lowest BCUT2D eigenvalue weighted by atomic mass is 10.1. The minimum Gasteiger partial charge on any atom is -0.245 e. The number of benzene rings is 3. The van der Waals surface area contributed by atoms with Gasteiger partial charge >= 0.3 is 6.18 Å². The van der Waals surface area contributed by atoms with Gasteiger partial charge in [-0.15, -0.1) is 4.40 Å². The maximum atomic E-state index is 13.2. The van der Waals surface area contributed by atoms with Crippen molar-refractivity contribution in [2.45, 2.75) is 29.3 Å². The molecule has 3 rings (SSSR count). The molecular formula is C23H21F3N2O3S2. The van der Waals surface area contributed by atoms with E-state index in [2.05, 4.69) is 8.76 Å². The molecule has 0 saturated heterocycles. The molecule has 0 N–H and O–H groups in total. The molecule has 10 heteroatoms. The number of hydrogen-bond donors (Lipinski definition) is 0. The lowest BCUT2D eigenvalue weighted by molar-refractivity contribution is -0.137. The van der Waals surface area contributed by atoms with Crippen LogP contribution in [0.3, 0.4) is 0 Å². The lowest BCUT2D eigenvalue weighted by Crippen LogP contribution is -2.10. The third-order valence-electron chi connectivity index (χ3n) is 4.65. The van der Waals surface area contributed by atoms with E-state index in [9.17, 15) is 25.8 Å². The number of hydrogen-bond acceptors (Lipinski definition) is 3. The van der Waals surface area contributed by atoms with Crippen molar-refractivity contribution in [1.29, 1.82) is 0 Å². The number of nitrogens with zero attached hydrogens (tertiary/aromatic N) is 2. The van der Waals surface area contributed by atoms with E-state index in [1.807, 2.05) is 0 Å². The molecule has 0 aliphatic heterocycles. The predicted octanol–water partition coefficient (Wildman–Crippen LogP) is 5.50. The van der Waals surface area contributed by atoms with Gasteiger partial charge in [0, 0.05) is 17.6 Å². The van der Waals surface area contributed by atoms with E-state index in [1.54, 1.807) is 49.4 Å². The van der Waals surface area contributed by atoms with E-state index in [0.717, 1.165) is 17.7 Å². The summed E-state index contributed by atoms with van der Waals surface area (Å²) in [6.07, 6.45) is -3.37. The number of aryl methyl sites for hydroxylation is 1. The maximum absolute atomic E-state index is 13.2. The first kappa shape index (κ1) is 24.7. The molecule has 0 aromatic heterocycles. The van der Waals surface area contributed by atoms with E-state index >= 15 is 0 Å².